The number of benzene rings is 4. The van der Waals surface area contributed by atoms with Crippen LogP contribution in [0.3, 0.4) is 0 Å². The van der Waals surface area contributed by atoms with Gasteiger partial charge >= 0.3 is 6.09 Å². The first-order chi connectivity index (χ1) is 20.9. The lowest BCUT2D eigenvalue weighted by Gasteiger charge is -2.34. The number of alkyl carbamates (subject to hydrolysis) is 1. The fourth-order valence-corrected chi connectivity index (χ4v) is 10.4. The van der Waals surface area contributed by atoms with E-state index in [2.05, 4.69) is 128 Å². The highest BCUT2D eigenvalue weighted by molar-refractivity contribution is 7.88. The zero-order valence-corrected chi connectivity index (χ0v) is 30.1. The lowest BCUT2D eigenvalue weighted by atomic mass is 10.0. The van der Waals surface area contributed by atoms with Crippen LogP contribution in [0.15, 0.2) is 103 Å². The van der Waals surface area contributed by atoms with Gasteiger partial charge in [0.2, 0.25) is 5.91 Å². The van der Waals surface area contributed by atoms with Crippen molar-refractivity contribution in [2.24, 2.45) is 11.8 Å². The molecule has 0 spiro atoms. The first-order valence-electron chi connectivity index (χ1n) is 15.6. The van der Waals surface area contributed by atoms with E-state index in [4.69, 9.17) is 4.74 Å². The summed E-state index contributed by atoms with van der Waals surface area (Å²) >= 11 is 0. The Morgan fingerprint density at radius 1 is 0.711 bits per heavy atom. The molecule has 2 amide bonds. The van der Waals surface area contributed by atoms with Gasteiger partial charge in [-0.15, -0.1) is 0 Å². The summed E-state index contributed by atoms with van der Waals surface area (Å²) in [6.45, 7) is 13.7. The Morgan fingerprint density at radius 3 is 1.76 bits per heavy atom. The number of rotatable bonds is 11. The number of hydrogen-bond donors (Lipinski definition) is 2. The minimum absolute atomic E-state index is 0. The van der Waals surface area contributed by atoms with Crippen molar-refractivity contribution in [3.8, 4) is 0 Å². The molecule has 2 N–H and O–H groups in total. The molecule has 0 aliphatic heterocycles. The predicted octanol–water partition coefficient (Wildman–Crippen LogP) is 4.70. The summed E-state index contributed by atoms with van der Waals surface area (Å²) in [5, 5.41) is 11.3. The molecule has 0 aliphatic carbocycles. The van der Waals surface area contributed by atoms with Crippen LogP contribution in [0.2, 0.25) is 0 Å². The molecule has 45 heavy (non-hydrogen) atoms. The third kappa shape index (κ3) is 9.64. The van der Waals surface area contributed by atoms with E-state index in [0.717, 1.165) is 12.3 Å². The first kappa shape index (κ1) is 36.3. The molecule has 5 nitrogen and oxygen atoms in total. The van der Waals surface area contributed by atoms with E-state index in [-0.39, 0.29) is 40.8 Å². The van der Waals surface area contributed by atoms with Crippen LogP contribution in [0.1, 0.15) is 54.0 Å². The van der Waals surface area contributed by atoms with Gasteiger partial charge in [-0.05, 0) is 79.3 Å². The third-order valence-electron chi connectivity index (χ3n) is 8.03. The quantitative estimate of drug-likeness (QED) is 0.224. The molecule has 2 atom stereocenters. The van der Waals surface area contributed by atoms with Crippen molar-refractivity contribution in [1.82, 2.24) is 10.6 Å². The van der Waals surface area contributed by atoms with Crippen LogP contribution >= 0.6 is 7.26 Å². The second kappa shape index (κ2) is 15.9. The van der Waals surface area contributed by atoms with Gasteiger partial charge in [0.15, 0.2) is 0 Å². The van der Waals surface area contributed by atoms with E-state index in [9.17, 15) is 9.59 Å². The second-order valence-corrected chi connectivity index (χ2v) is 17.0. The number of nitrogens with one attached hydrogen (secondary N) is 2. The van der Waals surface area contributed by atoms with Gasteiger partial charge in [0.25, 0.3) is 0 Å². The standard InChI is InChI=1S/C38H47N2O3P.BrH/c1-27(2)34(39-36(41)35(28(3)4)40-37(42)43-38(5,6)7)26-44(32-18-10-8-11-19-32,33-20-12-9-13-21-33)25-29-22-23-30-16-14-15-17-31(30)24-29;/h8-24,27-28,34-35H,25-26H2,1-7H3,(H-,39,40,41,42);1H/t34-,35?;/m1./s1. The molecule has 0 saturated carbocycles. The van der Waals surface area contributed by atoms with Crippen LogP contribution in [0.25, 0.3) is 10.8 Å². The average molecular weight is 692 g/mol. The van der Waals surface area contributed by atoms with E-state index >= 15 is 0 Å². The lowest BCUT2D eigenvalue weighted by Crippen LogP contribution is -3.00. The number of fused-ring (bicyclic) bond motifs is 1. The highest BCUT2D eigenvalue weighted by atomic mass is 79.9. The number of ether oxygens (including phenoxy) is 1. The summed E-state index contributed by atoms with van der Waals surface area (Å²) in [4.78, 5) is 26.6. The summed E-state index contributed by atoms with van der Waals surface area (Å²) in [5.74, 6) is -0.137. The minimum atomic E-state index is -2.10. The number of hydrogen-bond acceptors (Lipinski definition) is 3. The normalized spacial score (nSPS) is 13.2. The molecule has 4 rings (SSSR count). The van der Waals surface area contributed by atoms with Gasteiger partial charge < -0.3 is 32.4 Å². The number of halogens is 1. The van der Waals surface area contributed by atoms with Crippen molar-refractivity contribution in [2.75, 3.05) is 6.16 Å². The van der Waals surface area contributed by atoms with Gasteiger partial charge in [0.1, 0.15) is 11.6 Å². The Morgan fingerprint density at radius 2 is 1.24 bits per heavy atom. The van der Waals surface area contributed by atoms with Gasteiger partial charge in [-0.2, -0.15) is 0 Å². The monoisotopic (exact) mass is 690 g/mol. The van der Waals surface area contributed by atoms with Crippen LogP contribution in [-0.2, 0) is 15.7 Å². The summed E-state index contributed by atoms with van der Waals surface area (Å²) < 4.78 is 5.49. The number of amides is 2. The van der Waals surface area contributed by atoms with Crippen molar-refractivity contribution >= 4 is 40.6 Å². The van der Waals surface area contributed by atoms with E-state index in [1.807, 2.05) is 34.6 Å². The van der Waals surface area contributed by atoms with Crippen LogP contribution < -0.4 is 38.2 Å². The van der Waals surface area contributed by atoms with E-state index in [1.54, 1.807) is 0 Å². The maximum absolute atomic E-state index is 13.9. The fraction of sp³-hybridized carbons (Fsp3) is 0.368. The maximum atomic E-state index is 13.9. The zero-order chi connectivity index (χ0) is 31.9. The van der Waals surface area contributed by atoms with E-state index < -0.39 is 25.0 Å². The van der Waals surface area contributed by atoms with Gasteiger partial charge in [-0.3, -0.25) is 4.79 Å². The molecule has 0 fully saturated rings. The Kier molecular flexibility index (Phi) is 12.8. The van der Waals surface area contributed by atoms with Gasteiger partial charge in [0, 0.05) is 0 Å². The van der Waals surface area contributed by atoms with Crippen LogP contribution in [0.4, 0.5) is 4.79 Å². The highest BCUT2D eigenvalue weighted by Crippen LogP contribution is 2.60. The molecule has 0 saturated heterocycles. The Balaban J connectivity index is 0.00000552. The largest absolute Gasteiger partial charge is 1.00 e. The summed E-state index contributed by atoms with van der Waals surface area (Å²) in [6.07, 6.45) is 1.07. The third-order valence-corrected chi connectivity index (χ3v) is 12.5. The van der Waals surface area contributed by atoms with Crippen LogP contribution in [0.5, 0.6) is 0 Å². The Labute approximate surface area is 280 Å². The predicted molar refractivity (Wildman–Crippen MR) is 186 cm³/mol. The molecule has 1 unspecified atom stereocenters. The molecule has 0 radical (unpaired) electrons. The molecular formula is C38H48BrN2O3P. The Bertz CT molecular complexity index is 1500. The van der Waals surface area contributed by atoms with Gasteiger partial charge in [0.05, 0.1) is 36.2 Å². The van der Waals surface area contributed by atoms with Gasteiger partial charge in [-0.25, -0.2) is 4.79 Å². The molecule has 7 heteroatoms. The van der Waals surface area contributed by atoms with E-state index in [0.29, 0.717) is 0 Å². The molecule has 4 aromatic carbocycles. The molecule has 4 aromatic rings. The molecule has 240 valence electrons. The van der Waals surface area contributed by atoms with Crippen LogP contribution in [-0.4, -0.2) is 35.8 Å². The Hall–Kier alpha value is -3.21. The summed E-state index contributed by atoms with van der Waals surface area (Å²) in [6, 6.07) is 36.1. The van der Waals surface area contributed by atoms with Crippen molar-refractivity contribution in [3.63, 3.8) is 0 Å². The van der Waals surface area contributed by atoms with E-state index in [1.165, 1.54) is 26.9 Å². The molecular weight excluding hydrogens is 643 g/mol. The zero-order valence-electron chi connectivity index (χ0n) is 27.6. The van der Waals surface area contributed by atoms with Crippen molar-refractivity contribution < 1.29 is 31.3 Å². The lowest BCUT2D eigenvalue weighted by molar-refractivity contribution is -0.125. The summed E-state index contributed by atoms with van der Waals surface area (Å²) in [5.41, 5.74) is 0.631. The maximum Gasteiger partial charge on any atom is 0.408 e. The fourth-order valence-electron chi connectivity index (χ4n) is 5.68. The van der Waals surface area contributed by atoms with Crippen molar-refractivity contribution in [3.05, 3.63) is 109 Å². The molecule has 0 aliphatic rings. The van der Waals surface area contributed by atoms with Crippen LogP contribution in [0, 0.1) is 11.8 Å². The highest BCUT2D eigenvalue weighted by Gasteiger charge is 2.46. The minimum Gasteiger partial charge on any atom is -1.00 e. The summed E-state index contributed by atoms with van der Waals surface area (Å²) in [7, 11) is -2.10. The SMILES string of the molecule is CC(C)C(NC(=O)OC(C)(C)C)C(=O)N[C@H](C[P+](Cc1ccc2ccccc2c1)(c1ccccc1)c1ccccc1)C(C)C.[Br-]. The molecule has 0 bridgehead atoms. The number of carbonyl (C=O) groups is 2. The van der Waals surface area contributed by atoms with Gasteiger partial charge in [-0.1, -0.05) is 100 Å². The van der Waals surface area contributed by atoms with Crippen molar-refractivity contribution in [2.45, 2.75) is 72.3 Å². The molecule has 0 heterocycles. The molecule has 0 aromatic heterocycles. The topological polar surface area (TPSA) is 67.4 Å². The first-order valence-corrected chi connectivity index (χ1v) is 17.8. The second-order valence-electron chi connectivity index (χ2n) is 13.4. The average Bonchev–Trinajstić information content (AvgIpc) is 2.98. The van der Waals surface area contributed by atoms with Crippen molar-refractivity contribution in [1.29, 1.82) is 0 Å². The number of carbonyl (C=O) groups excluding carboxylic acids is 2. The smallest absolute Gasteiger partial charge is 0.408 e.